The van der Waals surface area contributed by atoms with E-state index in [0.717, 1.165) is 37.9 Å². The molecule has 1 fully saturated rings. The molecule has 2 aromatic heterocycles. The third-order valence-corrected chi connectivity index (χ3v) is 5.31. The summed E-state index contributed by atoms with van der Waals surface area (Å²) in [6, 6.07) is 10.9. The molecule has 1 unspecified atom stereocenters. The Labute approximate surface area is 168 Å². The molecule has 1 aromatic carbocycles. The second-order valence-electron chi connectivity index (χ2n) is 7.22. The number of amides is 1. The smallest absolute Gasteiger partial charge is 0.271 e. The van der Waals surface area contributed by atoms with Crippen LogP contribution in [0.1, 0.15) is 29.8 Å². The van der Waals surface area contributed by atoms with Gasteiger partial charge in [-0.3, -0.25) is 19.5 Å². The van der Waals surface area contributed by atoms with Gasteiger partial charge in [0, 0.05) is 31.4 Å². The molecule has 0 saturated carbocycles. The third-order valence-electron chi connectivity index (χ3n) is 5.31. The van der Waals surface area contributed by atoms with Crippen LogP contribution in [0.25, 0.3) is 11.0 Å². The molecule has 150 valence electrons. The number of carbonyl (C=O) groups is 1. The Morgan fingerprint density at radius 1 is 1.10 bits per heavy atom. The predicted molar refractivity (Wildman–Crippen MR) is 110 cm³/mol. The highest BCUT2D eigenvalue weighted by molar-refractivity contribution is 5.93. The lowest BCUT2D eigenvalue weighted by Crippen LogP contribution is -2.48. The number of benzene rings is 1. The standard InChI is InChI=1S/C21H24N6O2/c28-20-9-5-10-24-27(20)13-12-26-11-4-3-6-16(26)14-23-21(29)19-15-22-17-7-1-2-8-18(17)25-19/h1-2,5,7-10,15-16H,3-4,6,11-14H2,(H,23,29). The largest absolute Gasteiger partial charge is 0.349 e. The maximum Gasteiger partial charge on any atom is 0.271 e. The zero-order chi connectivity index (χ0) is 20.1. The van der Waals surface area contributed by atoms with Gasteiger partial charge in [0.2, 0.25) is 0 Å². The van der Waals surface area contributed by atoms with E-state index in [1.54, 1.807) is 12.3 Å². The van der Waals surface area contributed by atoms with Gasteiger partial charge in [0.05, 0.1) is 23.8 Å². The van der Waals surface area contributed by atoms with Crippen molar-refractivity contribution in [1.82, 2.24) is 30.0 Å². The van der Waals surface area contributed by atoms with Gasteiger partial charge in [-0.05, 0) is 37.6 Å². The summed E-state index contributed by atoms with van der Waals surface area (Å²) in [5, 5.41) is 7.12. The molecule has 3 aromatic rings. The number of piperidine rings is 1. The highest BCUT2D eigenvalue weighted by atomic mass is 16.2. The fourth-order valence-corrected chi connectivity index (χ4v) is 3.73. The average molecular weight is 392 g/mol. The van der Waals surface area contributed by atoms with E-state index in [9.17, 15) is 9.59 Å². The summed E-state index contributed by atoms with van der Waals surface area (Å²) >= 11 is 0. The van der Waals surface area contributed by atoms with E-state index in [2.05, 4.69) is 25.3 Å². The minimum Gasteiger partial charge on any atom is -0.349 e. The molecule has 1 aliphatic rings. The number of nitrogens with zero attached hydrogens (tertiary/aromatic N) is 5. The Morgan fingerprint density at radius 2 is 1.97 bits per heavy atom. The van der Waals surface area contributed by atoms with Crippen LogP contribution in [0.4, 0.5) is 0 Å². The summed E-state index contributed by atoms with van der Waals surface area (Å²) < 4.78 is 1.48. The Morgan fingerprint density at radius 3 is 2.83 bits per heavy atom. The molecule has 0 spiro atoms. The van der Waals surface area contributed by atoms with Crippen molar-refractivity contribution in [2.45, 2.75) is 31.8 Å². The molecule has 3 heterocycles. The molecule has 8 heteroatoms. The first kappa shape index (κ1) is 19.2. The molecule has 4 rings (SSSR count). The van der Waals surface area contributed by atoms with Gasteiger partial charge in [0.25, 0.3) is 11.5 Å². The van der Waals surface area contributed by atoms with Crippen LogP contribution in [0.5, 0.6) is 0 Å². The summed E-state index contributed by atoms with van der Waals surface area (Å²) in [6.45, 7) is 2.77. The number of fused-ring (bicyclic) bond motifs is 1. The van der Waals surface area contributed by atoms with E-state index in [1.165, 1.54) is 16.9 Å². The van der Waals surface area contributed by atoms with Crippen LogP contribution >= 0.6 is 0 Å². The van der Waals surface area contributed by atoms with Crippen molar-refractivity contribution >= 4 is 16.9 Å². The monoisotopic (exact) mass is 392 g/mol. The number of hydrogen-bond acceptors (Lipinski definition) is 6. The fraction of sp³-hybridized carbons (Fsp3) is 0.381. The van der Waals surface area contributed by atoms with Crippen LogP contribution in [0.2, 0.25) is 0 Å². The maximum atomic E-state index is 12.6. The molecule has 1 amide bonds. The SMILES string of the molecule is O=C(NCC1CCCCN1CCn1ncccc1=O)c1cnc2ccccc2n1. The molecule has 29 heavy (non-hydrogen) atoms. The van der Waals surface area contributed by atoms with E-state index in [1.807, 2.05) is 24.3 Å². The molecule has 0 bridgehead atoms. The van der Waals surface area contributed by atoms with Crippen molar-refractivity contribution < 1.29 is 4.79 Å². The van der Waals surface area contributed by atoms with Crippen LogP contribution < -0.4 is 10.9 Å². The Balaban J connectivity index is 1.36. The normalized spacial score (nSPS) is 17.3. The van der Waals surface area contributed by atoms with Crippen molar-refractivity contribution in [3.8, 4) is 0 Å². The summed E-state index contributed by atoms with van der Waals surface area (Å²) in [5.41, 5.74) is 1.71. The maximum absolute atomic E-state index is 12.6. The molecule has 1 atom stereocenters. The van der Waals surface area contributed by atoms with E-state index in [-0.39, 0.29) is 17.5 Å². The predicted octanol–water partition coefficient (Wildman–Crippen LogP) is 1.47. The highest BCUT2D eigenvalue weighted by Crippen LogP contribution is 2.16. The minimum absolute atomic E-state index is 0.0933. The van der Waals surface area contributed by atoms with E-state index in [0.29, 0.717) is 24.3 Å². The third kappa shape index (κ3) is 4.65. The number of carbonyl (C=O) groups excluding carboxylic acids is 1. The first-order valence-electron chi connectivity index (χ1n) is 9.97. The van der Waals surface area contributed by atoms with E-state index >= 15 is 0 Å². The van der Waals surface area contributed by atoms with Gasteiger partial charge in [0.15, 0.2) is 0 Å². The van der Waals surface area contributed by atoms with E-state index < -0.39 is 0 Å². The first-order chi connectivity index (χ1) is 14.2. The molecule has 0 radical (unpaired) electrons. The Bertz CT molecular complexity index is 1050. The molecule has 1 aliphatic heterocycles. The Kier molecular flexibility index (Phi) is 5.90. The van der Waals surface area contributed by atoms with Crippen LogP contribution in [0, 0.1) is 0 Å². The lowest BCUT2D eigenvalue weighted by atomic mass is 10.0. The van der Waals surface area contributed by atoms with Crippen molar-refractivity contribution in [3.05, 3.63) is 64.8 Å². The number of hydrogen-bond donors (Lipinski definition) is 1. The molecule has 8 nitrogen and oxygen atoms in total. The average Bonchev–Trinajstić information content (AvgIpc) is 2.77. The topological polar surface area (TPSA) is 93.0 Å². The van der Waals surface area contributed by atoms with Gasteiger partial charge in [-0.2, -0.15) is 5.10 Å². The van der Waals surface area contributed by atoms with Gasteiger partial charge < -0.3 is 5.32 Å². The number of nitrogens with one attached hydrogen (secondary N) is 1. The van der Waals surface area contributed by atoms with Crippen molar-refractivity contribution in [1.29, 1.82) is 0 Å². The van der Waals surface area contributed by atoms with Crippen LogP contribution in [-0.4, -0.2) is 56.2 Å². The van der Waals surface area contributed by atoms with E-state index in [4.69, 9.17) is 0 Å². The summed E-state index contributed by atoms with van der Waals surface area (Å²) in [5.74, 6) is -0.213. The van der Waals surface area contributed by atoms with Crippen LogP contribution in [-0.2, 0) is 6.54 Å². The van der Waals surface area contributed by atoms with Crippen LogP contribution in [0.3, 0.4) is 0 Å². The van der Waals surface area contributed by atoms with Crippen molar-refractivity contribution in [2.24, 2.45) is 0 Å². The highest BCUT2D eigenvalue weighted by Gasteiger charge is 2.23. The summed E-state index contributed by atoms with van der Waals surface area (Å²) in [7, 11) is 0. The molecular weight excluding hydrogens is 368 g/mol. The molecule has 0 aliphatic carbocycles. The zero-order valence-electron chi connectivity index (χ0n) is 16.2. The van der Waals surface area contributed by atoms with Gasteiger partial charge >= 0.3 is 0 Å². The fourth-order valence-electron chi connectivity index (χ4n) is 3.73. The van der Waals surface area contributed by atoms with Crippen molar-refractivity contribution in [2.75, 3.05) is 19.6 Å². The quantitative estimate of drug-likeness (QED) is 0.683. The van der Waals surface area contributed by atoms with Gasteiger partial charge in [-0.25, -0.2) is 9.67 Å². The molecule has 1 saturated heterocycles. The minimum atomic E-state index is -0.213. The summed E-state index contributed by atoms with van der Waals surface area (Å²) in [4.78, 5) is 35.5. The number of likely N-dealkylation sites (tertiary alicyclic amines) is 1. The first-order valence-corrected chi connectivity index (χ1v) is 9.97. The molecular formula is C21H24N6O2. The zero-order valence-corrected chi connectivity index (χ0v) is 16.2. The second kappa shape index (κ2) is 8.91. The van der Waals surface area contributed by atoms with Gasteiger partial charge in [0.1, 0.15) is 5.69 Å². The molecule has 1 N–H and O–H groups in total. The lowest BCUT2D eigenvalue weighted by Gasteiger charge is -2.35. The lowest BCUT2D eigenvalue weighted by molar-refractivity contribution is 0.0904. The summed E-state index contributed by atoms with van der Waals surface area (Å²) in [6.07, 6.45) is 6.42. The number of aromatic nitrogens is 4. The van der Waals surface area contributed by atoms with Gasteiger partial charge in [-0.15, -0.1) is 0 Å². The second-order valence-corrected chi connectivity index (χ2v) is 7.22. The Hall–Kier alpha value is -3.13. The van der Waals surface area contributed by atoms with Crippen LogP contribution in [0.15, 0.2) is 53.6 Å². The number of para-hydroxylation sites is 2. The van der Waals surface area contributed by atoms with Crippen molar-refractivity contribution in [3.63, 3.8) is 0 Å². The number of rotatable bonds is 6. The van der Waals surface area contributed by atoms with Gasteiger partial charge in [-0.1, -0.05) is 18.6 Å².